The lowest BCUT2D eigenvalue weighted by molar-refractivity contribution is -0.145. The van der Waals surface area contributed by atoms with Gasteiger partial charge in [0.25, 0.3) is 0 Å². The van der Waals surface area contributed by atoms with Gasteiger partial charge in [-0.15, -0.1) is 11.3 Å². The van der Waals surface area contributed by atoms with Crippen LogP contribution in [0.1, 0.15) is 43.9 Å². The van der Waals surface area contributed by atoms with Gasteiger partial charge in [0.15, 0.2) is 5.13 Å². The number of nitrogens with zero attached hydrogens (tertiary/aromatic N) is 2. The molecule has 0 atom stereocenters. The van der Waals surface area contributed by atoms with Crippen LogP contribution in [0.3, 0.4) is 0 Å². The van der Waals surface area contributed by atoms with Gasteiger partial charge in [0.2, 0.25) is 5.91 Å². The minimum atomic E-state index is -0.544. The second-order valence-corrected chi connectivity index (χ2v) is 7.41. The Hall–Kier alpha value is -2.94. The van der Waals surface area contributed by atoms with Gasteiger partial charge in [0.1, 0.15) is 6.61 Å². The first-order chi connectivity index (χ1) is 13.9. The summed E-state index contributed by atoms with van der Waals surface area (Å²) in [5, 5.41) is 4.82. The number of aromatic nitrogens is 1. The summed E-state index contributed by atoms with van der Waals surface area (Å²) in [7, 11) is 0. The van der Waals surface area contributed by atoms with E-state index in [0.29, 0.717) is 30.2 Å². The molecule has 0 saturated heterocycles. The Morgan fingerprint density at radius 3 is 2.72 bits per heavy atom. The standard InChI is InChI=1S/C20H26N4O4S/c1-14-7-6-8-17(11-14)24(15(2)25)20-23-16(13-29-20)12-28-18(26)9-4-3-5-10-22-19(21)27/h6-8,11,13H,3-5,9-10,12H2,1-2H3,(H3,21,22,27). The van der Waals surface area contributed by atoms with Crippen LogP contribution in [0.2, 0.25) is 0 Å². The van der Waals surface area contributed by atoms with Gasteiger partial charge in [-0.2, -0.15) is 0 Å². The van der Waals surface area contributed by atoms with Crippen LogP contribution in [-0.4, -0.2) is 29.4 Å². The Kier molecular flexibility index (Phi) is 8.60. The Morgan fingerprint density at radius 1 is 1.24 bits per heavy atom. The molecule has 0 aliphatic carbocycles. The van der Waals surface area contributed by atoms with Gasteiger partial charge >= 0.3 is 12.0 Å². The third kappa shape index (κ3) is 7.53. The minimum absolute atomic E-state index is 0.0676. The predicted molar refractivity (Wildman–Crippen MR) is 112 cm³/mol. The maximum Gasteiger partial charge on any atom is 0.312 e. The fraction of sp³-hybridized carbons (Fsp3) is 0.400. The lowest BCUT2D eigenvalue weighted by atomic mass is 10.2. The SMILES string of the molecule is CC(=O)N(c1cccc(C)c1)c1nc(COC(=O)CCCCCNC(N)=O)cs1. The highest BCUT2D eigenvalue weighted by atomic mass is 32.1. The summed E-state index contributed by atoms with van der Waals surface area (Å²) in [4.78, 5) is 40.5. The van der Waals surface area contributed by atoms with Crippen LogP contribution in [0.5, 0.6) is 0 Å². The summed E-state index contributed by atoms with van der Waals surface area (Å²) >= 11 is 1.33. The van der Waals surface area contributed by atoms with E-state index in [-0.39, 0.29) is 18.5 Å². The molecular weight excluding hydrogens is 392 g/mol. The normalized spacial score (nSPS) is 10.4. The Bertz CT molecular complexity index is 853. The fourth-order valence-corrected chi connectivity index (χ4v) is 3.54. The van der Waals surface area contributed by atoms with Gasteiger partial charge in [0.05, 0.1) is 11.4 Å². The minimum Gasteiger partial charge on any atom is -0.459 e. The smallest absolute Gasteiger partial charge is 0.312 e. The molecule has 0 aliphatic heterocycles. The molecule has 0 spiro atoms. The number of nitrogens with one attached hydrogen (secondary N) is 1. The molecule has 29 heavy (non-hydrogen) atoms. The molecule has 1 aromatic carbocycles. The summed E-state index contributed by atoms with van der Waals surface area (Å²) < 4.78 is 5.26. The van der Waals surface area contributed by atoms with E-state index < -0.39 is 6.03 Å². The summed E-state index contributed by atoms with van der Waals surface area (Å²) in [6.07, 6.45) is 2.52. The highest BCUT2D eigenvalue weighted by Crippen LogP contribution is 2.29. The molecule has 156 valence electrons. The molecule has 3 amide bonds. The Morgan fingerprint density at radius 2 is 2.03 bits per heavy atom. The number of hydrogen-bond donors (Lipinski definition) is 2. The quantitative estimate of drug-likeness (QED) is 0.453. The number of hydrogen-bond acceptors (Lipinski definition) is 6. The molecule has 1 aromatic heterocycles. The van der Waals surface area contributed by atoms with Crippen molar-refractivity contribution >= 4 is 40.1 Å². The van der Waals surface area contributed by atoms with E-state index in [1.54, 1.807) is 10.3 Å². The van der Waals surface area contributed by atoms with E-state index in [4.69, 9.17) is 10.5 Å². The van der Waals surface area contributed by atoms with Crippen molar-refractivity contribution in [3.63, 3.8) is 0 Å². The third-order valence-electron chi connectivity index (χ3n) is 4.04. The second kappa shape index (κ2) is 11.2. The third-order valence-corrected chi connectivity index (χ3v) is 4.92. The van der Waals surface area contributed by atoms with E-state index >= 15 is 0 Å². The fourth-order valence-electron chi connectivity index (χ4n) is 2.67. The van der Waals surface area contributed by atoms with Crippen molar-refractivity contribution in [3.05, 3.63) is 40.9 Å². The molecule has 0 saturated carbocycles. The van der Waals surface area contributed by atoms with Crippen LogP contribution >= 0.6 is 11.3 Å². The van der Waals surface area contributed by atoms with Crippen LogP contribution in [-0.2, 0) is 20.9 Å². The molecule has 8 nitrogen and oxygen atoms in total. The summed E-state index contributed by atoms with van der Waals surface area (Å²) in [5.41, 5.74) is 7.37. The highest BCUT2D eigenvalue weighted by molar-refractivity contribution is 7.14. The number of anilines is 2. The zero-order chi connectivity index (χ0) is 21.2. The van der Waals surface area contributed by atoms with Gasteiger partial charge in [0, 0.05) is 25.3 Å². The van der Waals surface area contributed by atoms with Crippen molar-refractivity contribution < 1.29 is 19.1 Å². The largest absolute Gasteiger partial charge is 0.459 e. The number of carbonyl (C=O) groups is 3. The number of nitrogens with two attached hydrogens (primary N) is 1. The number of carbonyl (C=O) groups excluding carboxylic acids is 3. The first-order valence-electron chi connectivity index (χ1n) is 9.37. The summed E-state index contributed by atoms with van der Waals surface area (Å²) in [6, 6.07) is 7.08. The molecule has 0 bridgehead atoms. The topological polar surface area (TPSA) is 115 Å². The van der Waals surface area contributed by atoms with E-state index in [2.05, 4.69) is 10.3 Å². The van der Waals surface area contributed by atoms with Gasteiger partial charge < -0.3 is 15.8 Å². The predicted octanol–water partition coefficient (Wildman–Crippen LogP) is 3.41. The number of ether oxygens (including phenoxy) is 1. The first kappa shape index (κ1) is 22.4. The number of esters is 1. The van der Waals surface area contributed by atoms with Crippen LogP contribution in [0, 0.1) is 6.92 Å². The summed E-state index contributed by atoms with van der Waals surface area (Å²) in [5.74, 6) is -0.441. The molecule has 2 aromatic rings. The van der Waals surface area contributed by atoms with Crippen LogP contribution in [0.25, 0.3) is 0 Å². The zero-order valence-electron chi connectivity index (χ0n) is 16.6. The molecule has 9 heteroatoms. The number of amides is 3. The Labute approximate surface area is 174 Å². The van der Waals surface area contributed by atoms with E-state index in [1.165, 1.54) is 18.3 Å². The van der Waals surface area contributed by atoms with Crippen LogP contribution < -0.4 is 16.0 Å². The van der Waals surface area contributed by atoms with Gasteiger partial charge in [-0.1, -0.05) is 18.6 Å². The maximum absolute atomic E-state index is 12.1. The van der Waals surface area contributed by atoms with Crippen molar-refractivity contribution in [2.24, 2.45) is 5.73 Å². The highest BCUT2D eigenvalue weighted by Gasteiger charge is 2.18. The van der Waals surface area contributed by atoms with Gasteiger partial charge in [-0.3, -0.25) is 14.5 Å². The number of rotatable bonds is 10. The number of unbranched alkanes of at least 4 members (excludes halogenated alkanes) is 2. The number of thiazole rings is 1. The van der Waals surface area contributed by atoms with Crippen molar-refractivity contribution in [1.29, 1.82) is 0 Å². The number of primary amides is 1. The van der Waals surface area contributed by atoms with Crippen molar-refractivity contribution in [1.82, 2.24) is 10.3 Å². The van der Waals surface area contributed by atoms with Crippen molar-refractivity contribution in [2.75, 3.05) is 11.4 Å². The average Bonchev–Trinajstić information content (AvgIpc) is 3.11. The Balaban J connectivity index is 1.82. The summed E-state index contributed by atoms with van der Waals surface area (Å²) in [6.45, 7) is 4.02. The molecule has 1 heterocycles. The maximum atomic E-state index is 12.1. The molecule has 0 fully saturated rings. The van der Waals surface area contributed by atoms with Crippen LogP contribution in [0.4, 0.5) is 15.6 Å². The van der Waals surface area contributed by atoms with E-state index in [1.807, 2.05) is 31.2 Å². The second-order valence-electron chi connectivity index (χ2n) is 6.58. The molecule has 0 radical (unpaired) electrons. The lowest BCUT2D eigenvalue weighted by Gasteiger charge is -2.18. The van der Waals surface area contributed by atoms with E-state index in [0.717, 1.165) is 24.1 Å². The molecule has 3 N–H and O–H groups in total. The number of aryl methyl sites for hydroxylation is 1. The molecule has 0 aliphatic rings. The van der Waals surface area contributed by atoms with Gasteiger partial charge in [-0.25, -0.2) is 9.78 Å². The number of urea groups is 1. The van der Waals surface area contributed by atoms with Crippen molar-refractivity contribution in [2.45, 2.75) is 46.1 Å². The zero-order valence-corrected chi connectivity index (χ0v) is 17.5. The first-order valence-corrected chi connectivity index (χ1v) is 10.3. The monoisotopic (exact) mass is 418 g/mol. The lowest BCUT2D eigenvalue weighted by Crippen LogP contribution is -2.29. The molecule has 0 unspecified atom stereocenters. The number of benzene rings is 1. The average molecular weight is 419 g/mol. The van der Waals surface area contributed by atoms with Crippen LogP contribution in [0.15, 0.2) is 29.6 Å². The molecular formula is C20H26N4O4S. The van der Waals surface area contributed by atoms with Crippen molar-refractivity contribution in [3.8, 4) is 0 Å². The van der Waals surface area contributed by atoms with E-state index in [9.17, 15) is 14.4 Å². The van der Waals surface area contributed by atoms with Gasteiger partial charge in [-0.05, 0) is 37.5 Å². The molecule has 2 rings (SSSR count).